The second kappa shape index (κ2) is 6.68. The molecule has 0 saturated carbocycles. The zero-order chi connectivity index (χ0) is 15.2. The fourth-order valence-electron chi connectivity index (χ4n) is 1.64. The number of aryl methyl sites for hydroxylation is 1. The van der Waals surface area contributed by atoms with Crippen molar-refractivity contribution < 1.29 is 4.79 Å². The summed E-state index contributed by atoms with van der Waals surface area (Å²) in [5.41, 5.74) is 2.75. The van der Waals surface area contributed by atoms with Gasteiger partial charge in [0.2, 0.25) is 0 Å². The molecule has 0 radical (unpaired) electrons. The van der Waals surface area contributed by atoms with Crippen molar-refractivity contribution in [2.45, 2.75) is 6.92 Å². The van der Waals surface area contributed by atoms with Gasteiger partial charge in [0.15, 0.2) is 0 Å². The minimum Gasteiger partial charge on any atom is -0.360 e. The van der Waals surface area contributed by atoms with Crippen LogP contribution in [0.15, 0.2) is 35.8 Å². The fourth-order valence-corrected chi connectivity index (χ4v) is 2.40. The Labute approximate surface area is 127 Å². The second-order valence-corrected chi connectivity index (χ2v) is 5.12. The third kappa shape index (κ3) is 3.68. The fraction of sp³-hybridized carbons (Fsp3) is 0.133. The Bertz CT molecular complexity index is 710. The van der Waals surface area contributed by atoms with Gasteiger partial charge in [-0.3, -0.25) is 4.79 Å². The zero-order valence-corrected chi connectivity index (χ0v) is 12.5. The van der Waals surface area contributed by atoms with Crippen LogP contribution < -0.4 is 10.6 Å². The first-order chi connectivity index (χ1) is 10.1. The Kier molecular flexibility index (Phi) is 4.69. The largest absolute Gasteiger partial charge is 0.360 e. The monoisotopic (exact) mass is 298 g/mol. The summed E-state index contributed by atoms with van der Waals surface area (Å²) in [6.07, 6.45) is 1.62. The number of carbonyl (C=O) groups excluding carboxylic acids is 1. The maximum atomic E-state index is 11.4. The predicted molar refractivity (Wildman–Crippen MR) is 83.9 cm³/mol. The van der Waals surface area contributed by atoms with Crippen molar-refractivity contribution in [3.8, 4) is 6.07 Å². The lowest BCUT2D eigenvalue weighted by Gasteiger charge is -2.03. The number of thiazole rings is 1. The first-order valence-electron chi connectivity index (χ1n) is 6.25. The standard InChI is InChI=1S/C15H14N4OS/c1-10-9-21-15(19-10)12(7-16)8-18-13-5-3-11(4-6-13)14(20)17-2/h3-6,8-9,18H,1-2H3,(H,17,20)/b12-8+. The van der Waals surface area contributed by atoms with Gasteiger partial charge < -0.3 is 10.6 Å². The predicted octanol–water partition coefficient (Wildman–Crippen LogP) is 2.79. The number of anilines is 1. The molecule has 0 aliphatic rings. The van der Waals surface area contributed by atoms with Crippen LogP contribution in [-0.4, -0.2) is 17.9 Å². The van der Waals surface area contributed by atoms with Crippen LogP contribution in [0.3, 0.4) is 0 Å². The number of rotatable bonds is 4. The molecule has 1 amide bonds. The summed E-state index contributed by atoms with van der Waals surface area (Å²) in [6.45, 7) is 1.89. The maximum absolute atomic E-state index is 11.4. The van der Waals surface area contributed by atoms with E-state index in [9.17, 15) is 10.1 Å². The van der Waals surface area contributed by atoms with E-state index in [2.05, 4.69) is 21.7 Å². The topological polar surface area (TPSA) is 77.8 Å². The Morgan fingerprint density at radius 2 is 2.10 bits per heavy atom. The minimum atomic E-state index is -0.131. The molecule has 0 saturated heterocycles. The summed E-state index contributed by atoms with van der Waals surface area (Å²) in [5, 5.41) is 17.4. The lowest BCUT2D eigenvalue weighted by Crippen LogP contribution is -2.17. The molecule has 0 unspecified atom stereocenters. The van der Waals surface area contributed by atoms with Crippen molar-refractivity contribution in [2.24, 2.45) is 0 Å². The van der Waals surface area contributed by atoms with E-state index >= 15 is 0 Å². The van der Waals surface area contributed by atoms with Crippen molar-refractivity contribution >= 4 is 28.5 Å². The molecule has 0 atom stereocenters. The van der Waals surface area contributed by atoms with E-state index in [1.807, 2.05) is 12.3 Å². The van der Waals surface area contributed by atoms with Gasteiger partial charge in [0.05, 0.1) is 0 Å². The van der Waals surface area contributed by atoms with Crippen LogP contribution in [0.4, 0.5) is 5.69 Å². The van der Waals surface area contributed by atoms with Gasteiger partial charge in [-0.15, -0.1) is 11.3 Å². The van der Waals surface area contributed by atoms with Crippen molar-refractivity contribution in [1.82, 2.24) is 10.3 Å². The molecule has 0 aliphatic heterocycles. The van der Waals surface area contributed by atoms with Crippen molar-refractivity contribution in [3.05, 3.63) is 52.1 Å². The average Bonchev–Trinajstić information content (AvgIpc) is 2.94. The first-order valence-corrected chi connectivity index (χ1v) is 7.13. The summed E-state index contributed by atoms with van der Waals surface area (Å²) in [7, 11) is 1.59. The number of aromatic nitrogens is 1. The number of nitrogens with one attached hydrogen (secondary N) is 2. The van der Waals surface area contributed by atoms with Crippen LogP contribution in [0.2, 0.25) is 0 Å². The smallest absolute Gasteiger partial charge is 0.251 e. The van der Waals surface area contributed by atoms with Crippen LogP contribution in [0.5, 0.6) is 0 Å². The Morgan fingerprint density at radius 3 is 2.62 bits per heavy atom. The minimum absolute atomic E-state index is 0.131. The number of amides is 1. The Hall–Kier alpha value is -2.65. The number of nitriles is 1. The van der Waals surface area contributed by atoms with Gasteiger partial charge in [-0.1, -0.05) is 0 Å². The highest BCUT2D eigenvalue weighted by atomic mass is 32.1. The van der Waals surface area contributed by atoms with Crippen molar-refractivity contribution in [2.75, 3.05) is 12.4 Å². The Balaban J connectivity index is 2.12. The molecule has 2 rings (SSSR count). The van der Waals surface area contributed by atoms with Gasteiger partial charge in [0.1, 0.15) is 16.6 Å². The van der Waals surface area contributed by atoms with Gasteiger partial charge in [-0.05, 0) is 31.2 Å². The molecule has 0 bridgehead atoms. The van der Waals surface area contributed by atoms with Crippen molar-refractivity contribution in [3.63, 3.8) is 0 Å². The second-order valence-electron chi connectivity index (χ2n) is 4.26. The molecule has 0 aliphatic carbocycles. The molecule has 21 heavy (non-hydrogen) atoms. The van der Waals surface area contributed by atoms with Crippen LogP contribution >= 0.6 is 11.3 Å². The maximum Gasteiger partial charge on any atom is 0.251 e. The van der Waals surface area contributed by atoms with E-state index in [1.54, 1.807) is 37.5 Å². The average molecular weight is 298 g/mol. The van der Waals surface area contributed by atoms with Crippen LogP contribution in [0.1, 0.15) is 21.1 Å². The number of hydrogen-bond donors (Lipinski definition) is 2. The van der Waals surface area contributed by atoms with E-state index in [0.717, 1.165) is 11.4 Å². The summed E-state index contributed by atoms with van der Waals surface area (Å²) in [5.74, 6) is -0.131. The molecule has 0 spiro atoms. The number of carbonyl (C=O) groups is 1. The van der Waals surface area contributed by atoms with Crippen LogP contribution in [-0.2, 0) is 0 Å². The van der Waals surface area contributed by atoms with Gasteiger partial charge in [-0.25, -0.2) is 4.98 Å². The zero-order valence-electron chi connectivity index (χ0n) is 11.7. The first kappa shape index (κ1) is 14.8. The lowest BCUT2D eigenvalue weighted by atomic mass is 10.2. The Morgan fingerprint density at radius 1 is 1.38 bits per heavy atom. The third-order valence-electron chi connectivity index (χ3n) is 2.73. The van der Waals surface area contributed by atoms with Gasteiger partial charge >= 0.3 is 0 Å². The highest BCUT2D eigenvalue weighted by Crippen LogP contribution is 2.19. The summed E-state index contributed by atoms with van der Waals surface area (Å²) < 4.78 is 0. The third-order valence-corrected chi connectivity index (χ3v) is 3.72. The van der Waals surface area contributed by atoms with Gasteiger partial charge in [0.25, 0.3) is 5.91 Å². The van der Waals surface area contributed by atoms with Crippen LogP contribution in [0, 0.1) is 18.3 Å². The van der Waals surface area contributed by atoms with E-state index < -0.39 is 0 Å². The highest BCUT2D eigenvalue weighted by molar-refractivity contribution is 7.10. The highest BCUT2D eigenvalue weighted by Gasteiger charge is 2.05. The molecule has 5 nitrogen and oxygen atoms in total. The lowest BCUT2D eigenvalue weighted by molar-refractivity contribution is 0.0963. The van der Waals surface area contributed by atoms with Crippen LogP contribution in [0.25, 0.3) is 5.57 Å². The number of benzene rings is 1. The van der Waals surface area contributed by atoms with Gasteiger partial charge in [0, 0.05) is 35.6 Å². The molecule has 1 aromatic carbocycles. The number of allylic oxidation sites excluding steroid dienone is 1. The molecule has 2 aromatic rings. The molecule has 1 heterocycles. The molecule has 1 aromatic heterocycles. The summed E-state index contributed by atoms with van der Waals surface area (Å²) in [6, 6.07) is 9.12. The van der Waals surface area contributed by atoms with E-state index in [1.165, 1.54) is 11.3 Å². The van der Waals surface area contributed by atoms with E-state index in [4.69, 9.17) is 0 Å². The molecular formula is C15H14N4OS. The van der Waals surface area contributed by atoms with Gasteiger partial charge in [-0.2, -0.15) is 5.26 Å². The summed E-state index contributed by atoms with van der Waals surface area (Å²) in [4.78, 5) is 15.7. The SMILES string of the molecule is CNC(=O)c1ccc(N/C=C(\C#N)c2nc(C)cs2)cc1. The number of nitrogens with zero attached hydrogens (tertiary/aromatic N) is 2. The van der Waals surface area contributed by atoms with E-state index in [0.29, 0.717) is 16.1 Å². The summed E-state index contributed by atoms with van der Waals surface area (Å²) >= 11 is 1.43. The molecule has 2 N–H and O–H groups in total. The molecule has 0 fully saturated rings. The molecular weight excluding hydrogens is 284 g/mol. The normalized spacial score (nSPS) is 10.8. The quantitative estimate of drug-likeness (QED) is 0.851. The molecule has 106 valence electrons. The molecule has 6 heteroatoms. The number of hydrogen-bond acceptors (Lipinski definition) is 5. The van der Waals surface area contributed by atoms with Crippen molar-refractivity contribution in [1.29, 1.82) is 5.26 Å². The van der Waals surface area contributed by atoms with E-state index in [-0.39, 0.29) is 5.91 Å².